The van der Waals surface area contributed by atoms with Crippen LogP contribution in [0.15, 0.2) is 0 Å². The summed E-state index contributed by atoms with van der Waals surface area (Å²) in [5, 5.41) is 3.88. The van der Waals surface area contributed by atoms with E-state index in [2.05, 4.69) is 9.59 Å². The number of piperidine rings is 1. The Morgan fingerprint density at radius 3 is 2.76 bits per heavy atom. The molecular formula is C11H17N3O2S. The Kier molecular flexibility index (Phi) is 4.06. The molecule has 5 nitrogen and oxygen atoms in total. The molecule has 1 amide bonds. The van der Waals surface area contributed by atoms with Gasteiger partial charge in [-0.2, -0.15) is 0 Å². The lowest BCUT2D eigenvalue weighted by Crippen LogP contribution is -2.39. The van der Waals surface area contributed by atoms with E-state index >= 15 is 0 Å². The highest BCUT2D eigenvalue weighted by Crippen LogP contribution is 2.20. The number of carbonyl (C=O) groups is 1. The first-order chi connectivity index (χ1) is 8.22. The van der Waals surface area contributed by atoms with Gasteiger partial charge >= 0.3 is 0 Å². The Bertz CT molecular complexity index is 386. The van der Waals surface area contributed by atoms with Crippen LogP contribution in [0.5, 0.6) is 0 Å². The van der Waals surface area contributed by atoms with Crippen LogP contribution < -0.4 is 0 Å². The highest BCUT2D eigenvalue weighted by atomic mass is 32.1. The molecule has 2 rings (SSSR count). The summed E-state index contributed by atoms with van der Waals surface area (Å²) >= 11 is 1.19. The number of likely N-dealkylation sites (tertiary alicyclic amines) is 1. The first kappa shape index (κ1) is 12.4. The zero-order valence-corrected chi connectivity index (χ0v) is 11.0. The lowest BCUT2D eigenvalue weighted by atomic mass is 9.98. The minimum Gasteiger partial charge on any atom is -0.384 e. The third kappa shape index (κ3) is 2.81. The SMILES string of the molecule is COCC1CCN(C(=O)c2snnc2C)CC1. The third-order valence-electron chi connectivity index (χ3n) is 3.15. The number of hydrogen-bond donors (Lipinski definition) is 0. The molecule has 1 saturated heterocycles. The van der Waals surface area contributed by atoms with Gasteiger partial charge in [0.25, 0.3) is 5.91 Å². The van der Waals surface area contributed by atoms with E-state index in [0.29, 0.717) is 10.8 Å². The van der Waals surface area contributed by atoms with E-state index in [1.165, 1.54) is 11.5 Å². The largest absolute Gasteiger partial charge is 0.384 e. The van der Waals surface area contributed by atoms with Gasteiger partial charge in [-0.15, -0.1) is 5.10 Å². The number of aryl methyl sites for hydroxylation is 1. The van der Waals surface area contributed by atoms with Crippen LogP contribution in [-0.2, 0) is 4.74 Å². The van der Waals surface area contributed by atoms with E-state index in [0.717, 1.165) is 38.2 Å². The topological polar surface area (TPSA) is 55.3 Å². The van der Waals surface area contributed by atoms with Gasteiger partial charge in [-0.05, 0) is 37.2 Å². The van der Waals surface area contributed by atoms with Crippen molar-refractivity contribution in [1.82, 2.24) is 14.5 Å². The smallest absolute Gasteiger partial charge is 0.267 e. The van der Waals surface area contributed by atoms with E-state index in [4.69, 9.17) is 4.74 Å². The molecule has 0 radical (unpaired) electrons. The maximum absolute atomic E-state index is 12.2. The van der Waals surface area contributed by atoms with Crippen LogP contribution in [0.25, 0.3) is 0 Å². The van der Waals surface area contributed by atoms with Crippen LogP contribution in [-0.4, -0.2) is 47.2 Å². The molecular weight excluding hydrogens is 238 g/mol. The molecule has 0 unspecified atom stereocenters. The second-order valence-electron chi connectivity index (χ2n) is 4.38. The van der Waals surface area contributed by atoms with Crippen LogP contribution in [0.1, 0.15) is 28.2 Å². The minimum absolute atomic E-state index is 0.0772. The van der Waals surface area contributed by atoms with Gasteiger partial charge in [0.15, 0.2) is 0 Å². The number of ether oxygens (including phenoxy) is 1. The zero-order chi connectivity index (χ0) is 12.3. The van der Waals surface area contributed by atoms with E-state index < -0.39 is 0 Å². The number of aromatic nitrogens is 2. The Morgan fingerprint density at radius 2 is 2.24 bits per heavy atom. The number of amides is 1. The molecule has 1 aliphatic rings. The normalized spacial score (nSPS) is 17.4. The molecule has 0 saturated carbocycles. The molecule has 2 heterocycles. The number of nitrogens with zero attached hydrogens (tertiary/aromatic N) is 3. The molecule has 1 fully saturated rings. The quantitative estimate of drug-likeness (QED) is 0.818. The Hall–Kier alpha value is -1.01. The fourth-order valence-corrected chi connectivity index (χ4v) is 2.73. The Morgan fingerprint density at radius 1 is 1.53 bits per heavy atom. The van der Waals surface area contributed by atoms with Gasteiger partial charge in [-0.1, -0.05) is 4.49 Å². The zero-order valence-electron chi connectivity index (χ0n) is 10.2. The highest BCUT2D eigenvalue weighted by Gasteiger charge is 2.25. The lowest BCUT2D eigenvalue weighted by molar-refractivity contribution is 0.0617. The second-order valence-corrected chi connectivity index (χ2v) is 5.13. The van der Waals surface area contributed by atoms with E-state index in [1.807, 2.05) is 11.8 Å². The molecule has 0 atom stereocenters. The summed E-state index contributed by atoms with van der Waals surface area (Å²) in [5.41, 5.74) is 0.735. The van der Waals surface area contributed by atoms with E-state index in [-0.39, 0.29) is 5.91 Å². The van der Waals surface area contributed by atoms with Crippen LogP contribution >= 0.6 is 11.5 Å². The van der Waals surface area contributed by atoms with Gasteiger partial charge in [0.2, 0.25) is 0 Å². The standard InChI is InChI=1S/C11H17N3O2S/c1-8-10(17-13-12-8)11(15)14-5-3-9(4-6-14)7-16-2/h9H,3-7H2,1-2H3. The van der Waals surface area contributed by atoms with E-state index in [1.54, 1.807) is 7.11 Å². The Labute approximate surface area is 105 Å². The highest BCUT2D eigenvalue weighted by molar-refractivity contribution is 7.07. The van der Waals surface area contributed by atoms with Crippen molar-refractivity contribution in [2.75, 3.05) is 26.8 Å². The van der Waals surface area contributed by atoms with Crippen molar-refractivity contribution < 1.29 is 9.53 Å². The summed E-state index contributed by atoms with van der Waals surface area (Å²) in [7, 11) is 1.73. The fraction of sp³-hybridized carbons (Fsp3) is 0.727. The van der Waals surface area contributed by atoms with Gasteiger partial charge in [0.1, 0.15) is 4.88 Å². The predicted octanol–water partition coefficient (Wildman–Crippen LogP) is 1.35. The molecule has 0 bridgehead atoms. The van der Waals surface area contributed by atoms with Crippen molar-refractivity contribution in [3.63, 3.8) is 0 Å². The van der Waals surface area contributed by atoms with Gasteiger partial charge in [-0.3, -0.25) is 4.79 Å². The third-order valence-corrected chi connectivity index (χ3v) is 3.97. The predicted molar refractivity (Wildman–Crippen MR) is 65.1 cm³/mol. The van der Waals surface area contributed by atoms with Crippen molar-refractivity contribution in [3.05, 3.63) is 10.6 Å². The maximum atomic E-state index is 12.2. The average Bonchev–Trinajstić information content (AvgIpc) is 2.76. The van der Waals surface area contributed by atoms with Crippen molar-refractivity contribution in [2.45, 2.75) is 19.8 Å². The second kappa shape index (κ2) is 5.55. The molecule has 0 N–H and O–H groups in total. The lowest BCUT2D eigenvalue weighted by Gasteiger charge is -2.31. The summed E-state index contributed by atoms with van der Waals surface area (Å²) in [6.45, 7) is 4.24. The number of carbonyl (C=O) groups excluding carboxylic acids is 1. The molecule has 0 spiro atoms. The first-order valence-corrected chi connectivity index (χ1v) is 6.57. The number of hydrogen-bond acceptors (Lipinski definition) is 5. The van der Waals surface area contributed by atoms with Gasteiger partial charge in [0.05, 0.1) is 5.69 Å². The summed E-state index contributed by atoms with van der Waals surface area (Å²) < 4.78 is 8.95. The van der Waals surface area contributed by atoms with Gasteiger partial charge in [-0.25, -0.2) is 0 Å². The van der Waals surface area contributed by atoms with Crippen molar-refractivity contribution >= 4 is 17.4 Å². The van der Waals surface area contributed by atoms with Crippen LogP contribution in [0.4, 0.5) is 0 Å². The van der Waals surface area contributed by atoms with Crippen LogP contribution in [0, 0.1) is 12.8 Å². The fourth-order valence-electron chi connectivity index (χ4n) is 2.11. The molecule has 0 aromatic carbocycles. The average molecular weight is 255 g/mol. The van der Waals surface area contributed by atoms with Crippen molar-refractivity contribution in [1.29, 1.82) is 0 Å². The molecule has 0 aliphatic carbocycles. The minimum atomic E-state index is 0.0772. The molecule has 17 heavy (non-hydrogen) atoms. The molecule has 1 aliphatic heterocycles. The molecule has 1 aromatic rings. The van der Waals surface area contributed by atoms with E-state index in [9.17, 15) is 4.79 Å². The van der Waals surface area contributed by atoms with Crippen molar-refractivity contribution in [3.8, 4) is 0 Å². The van der Waals surface area contributed by atoms with Crippen LogP contribution in [0.3, 0.4) is 0 Å². The summed E-state index contributed by atoms with van der Waals surface area (Å²) in [5.74, 6) is 0.665. The monoisotopic (exact) mass is 255 g/mol. The van der Waals surface area contributed by atoms with Crippen molar-refractivity contribution in [2.24, 2.45) is 5.92 Å². The summed E-state index contributed by atoms with van der Waals surface area (Å²) in [4.78, 5) is 14.7. The summed E-state index contributed by atoms with van der Waals surface area (Å²) in [6, 6.07) is 0. The number of methoxy groups -OCH3 is 1. The molecule has 1 aromatic heterocycles. The maximum Gasteiger partial charge on any atom is 0.267 e. The number of rotatable bonds is 3. The van der Waals surface area contributed by atoms with Gasteiger partial charge in [0, 0.05) is 26.8 Å². The molecule has 94 valence electrons. The first-order valence-electron chi connectivity index (χ1n) is 5.79. The summed E-state index contributed by atoms with van der Waals surface area (Å²) in [6.07, 6.45) is 2.04. The van der Waals surface area contributed by atoms with Gasteiger partial charge < -0.3 is 9.64 Å². The van der Waals surface area contributed by atoms with Crippen LogP contribution in [0.2, 0.25) is 0 Å². The Balaban J connectivity index is 1.93. The molecule has 6 heteroatoms.